The molecule has 0 unspecified atom stereocenters. The van der Waals surface area contributed by atoms with E-state index in [2.05, 4.69) is 13.8 Å². The number of hydrogen-bond donors (Lipinski definition) is 0. The minimum absolute atomic E-state index is 0.972. The van der Waals surface area contributed by atoms with E-state index in [-0.39, 0.29) is 0 Å². The van der Waals surface area contributed by atoms with Gasteiger partial charge in [-0.05, 0) is 20.8 Å². The molecule has 124 valence electrons. The van der Waals surface area contributed by atoms with Gasteiger partial charge in [0.05, 0.1) is 0 Å². The van der Waals surface area contributed by atoms with Crippen LogP contribution in [0.5, 0.6) is 0 Å². The fourth-order valence-corrected chi connectivity index (χ4v) is 2.37. The molecule has 0 aromatic carbocycles. The maximum absolute atomic E-state index is 8.89. The molecule has 0 aliphatic heterocycles. The molecule has 0 rings (SSSR count). The number of unbranched alkanes of at least 4 members (excludes halogenated alkanes) is 2. The second-order valence-corrected chi connectivity index (χ2v) is 6.54. The predicted molar refractivity (Wildman–Crippen MR) is 83.0 cm³/mol. The molecule has 8 heteroatoms. The summed E-state index contributed by atoms with van der Waals surface area (Å²) >= 11 is 3.37. The van der Waals surface area contributed by atoms with Gasteiger partial charge in [-0.3, -0.25) is 0 Å². The molecule has 0 aliphatic rings. The van der Waals surface area contributed by atoms with Crippen LogP contribution in [-0.2, 0) is 14.4 Å². The van der Waals surface area contributed by atoms with Crippen molar-refractivity contribution in [3.05, 3.63) is 0 Å². The van der Waals surface area contributed by atoms with Crippen LogP contribution in [0.25, 0.3) is 0 Å². The van der Waals surface area contributed by atoms with E-state index in [0.717, 1.165) is 20.8 Å². The zero-order valence-electron chi connectivity index (χ0n) is 14.2. The summed E-state index contributed by atoms with van der Waals surface area (Å²) in [5.41, 5.74) is 0. The van der Waals surface area contributed by atoms with Crippen LogP contribution in [0.3, 0.4) is 0 Å². The number of rotatable bonds is 4. The van der Waals surface area contributed by atoms with Crippen LogP contribution in [0.4, 0.5) is 0 Å². The maximum atomic E-state index is 8.89. The van der Waals surface area contributed by atoms with Crippen molar-refractivity contribution in [3.63, 3.8) is 0 Å². The van der Waals surface area contributed by atoms with E-state index in [1.807, 2.05) is 0 Å². The van der Waals surface area contributed by atoms with Gasteiger partial charge in [0.15, 0.2) is 0 Å². The monoisotopic (exact) mass is 531 g/mol. The molecular formula is C14H27O6Sn2+3. The Kier molecular flexibility index (Phi) is 57.0. The van der Waals surface area contributed by atoms with Crippen molar-refractivity contribution in [2.24, 2.45) is 0 Å². The first kappa shape index (κ1) is 33.6. The third kappa shape index (κ3) is 450. The van der Waals surface area contributed by atoms with Crippen LogP contribution in [0.15, 0.2) is 0 Å². The van der Waals surface area contributed by atoms with Crippen molar-refractivity contribution in [3.8, 4) is 0 Å². The normalized spacial score (nSPS) is 7.32. The van der Waals surface area contributed by atoms with E-state index in [0.29, 0.717) is 0 Å². The topological polar surface area (TPSA) is 120 Å². The summed E-state index contributed by atoms with van der Waals surface area (Å²) in [5.74, 6) is -3.25. The first-order valence-corrected chi connectivity index (χ1v) is 10.9. The van der Waals surface area contributed by atoms with Crippen LogP contribution >= 0.6 is 0 Å². The summed E-state index contributed by atoms with van der Waals surface area (Å²) in [6.45, 7) is 7.37. The molecule has 0 N–H and O–H groups in total. The molecule has 22 heavy (non-hydrogen) atoms. The third-order valence-corrected chi connectivity index (χ3v) is 3.08. The van der Waals surface area contributed by atoms with Gasteiger partial charge < -0.3 is 29.7 Å². The van der Waals surface area contributed by atoms with Gasteiger partial charge in [0, 0.05) is 17.9 Å². The molecule has 0 spiro atoms. The van der Waals surface area contributed by atoms with Gasteiger partial charge in [-0.2, -0.15) is 0 Å². The van der Waals surface area contributed by atoms with Crippen molar-refractivity contribution >= 4 is 63.0 Å². The van der Waals surface area contributed by atoms with Crippen LogP contribution in [-0.4, -0.2) is 63.0 Å². The van der Waals surface area contributed by atoms with Crippen molar-refractivity contribution in [2.45, 2.75) is 69.2 Å². The SMILES string of the molecule is CC(=O)[O-].CC(=O)[O-].CC(=O)[O-].CCC[CH2][Sn+3].CCC[CH2][Sn+3]. The summed E-state index contributed by atoms with van der Waals surface area (Å²) in [6, 6.07) is 0. The molecule has 0 saturated heterocycles. The number of carbonyl (C=O) groups excluding carboxylic acids is 3. The van der Waals surface area contributed by atoms with Crippen LogP contribution in [0.1, 0.15) is 60.3 Å². The Morgan fingerprint density at radius 3 is 0.818 bits per heavy atom. The Morgan fingerprint density at radius 1 is 0.682 bits per heavy atom. The Balaban J connectivity index is -0.0000000550. The molecule has 0 atom stereocenters. The molecule has 0 radical (unpaired) electrons. The van der Waals surface area contributed by atoms with Gasteiger partial charge in [0.2, 0.25) is 0 Å². The van der Waals surface area contributed by atoms with Gasteiger partial charge in [-0.15, -0.1) is 0 Å². The molecule has 0 aromatic heterocycles. The summed E-state index contributed by atoms with van der Waals surface area (Å²) in [5, 5.41) is 26.7. The summed E-state index contributed by atoms with van der Waals surface area (Å²) in [7, 11) is 0. The van der Waals surface area contributed by atoms with Crippen molar-refractivity contribution in [1.29, 1.82) is 0 Å². The van der Waals surface area contributed by atoms with Crippen molar-refractivity contribution in [1.82, 2.24) is 0 Å². The van der Waals surface area contributed by atoms with Crippen molar-refractivity contribution in [2.75, 3.05) is 0 Å². The summed E-state index contributed by atoms with van der Waals surface area (Å²) < 4.78 is 2.87. The van der Waals surface area contributed by atoms with Gasteiger partial charge in [0.1, 0.15) is 0 Å². The first-order chi connectivity index (χ1) is 10.0. The predicted octanol–water partition coefficient (Wildman–Crippen LogP) is -0.985. The standard InChI is InChI=1S/2C4H9.3C2H4O2.2Sn/c2*1-3-4-2;3*1-2(3)4;;/h2*1,3-4H2,2H3;3*1H3,(H,3,4);;/q;;;;;2*+3/p-3. The number of carbonyl (C=O) groups is 3. The van der Waals surface area contributed by atoms with E-state index in [9.17, 15) is 0 Å². The van der Waals surface area contributed by atoms with Crippen LogP contribution in [0, 0.1) is 0 Å². The average molecular weight is 529 g/mol. The zero-order valence-corrected chi connectivity index (χ0v) is 19.9. The number of hydrogen-bond acceptors (Lipinski definition) is 6. The summed E-state index contributed by atoms with van der Waals surface area (Å²) in [4.78, 5) is 26.7. The van der Waals surface area contributed by atoms with Gasteiger partial charge >= 0.3 is 93.5 Å². The van der Waals surface area contributed by atoms with E-state index in [4.69, 9.17) is 29.7 Å². The van der Waals surface area contributed by atoms with E-state index < -0.39 is 17.9 Å². The zero-order chi connectivity index (χ0) is 19.0. The molecule has 0 aliphatic carbocycles. The number of aliphatic carboxylic acids is 3. The third-order valence-electron chi connectivity index (χ3n) is 1.06. The molecule has 0 heterocycles. The van der Waals surface area contributed by atoms with Crippen molar-refractivity contribution < 1.29 is 29.7 Å². The Hall–Kier alpha value is 0.00740. The molecule has 0 bridgehead atoms. The molecular weight excluding hydrogens is 502 g/mol. The Morgan fingerprint density at radius 2 is 0.818 bits per heavy atom. The second-order valence-electron chi connectivity index (χ2n) is 3.68. The quantitative estimate of drug-likeness (QED) is 0.432. The van der Waals surface area contributed by atoms with E-state index >= 15 is 0 Å². The van der Waals surface area contributed by atoms with E-state index in [1.165, 1.54) is 34.6 Å². The Bertz CT molecular complexity index is 185. The van der Waals surface area contributed by atoms with Gasteiger partial charge in [-0.25, -0.2) is 0 Å². The van der Waals surface area contributed by atoms with E-state index in [1.54, 1.807) is 45.0 Å². The fourth-order valence-electron chi connectivity index (χ4n) is 0.354. The summed E-state index contributed by atoms with van der Waals surface area (Å²) in [6.07, 6.45) is 5.59. The molecule has 0 fully saturated rings. The molecule has 0 amide bonds. The minimum atomic E-state index is -1.08. The first-order valence-electron chi connectivity index (χ1n) is 6.85. The molecule has 0 aromatic rings. The van der Waals surface area contributed by atoms with Gasteiger partial charge in [-0.1, -0.05) is 0 Å². The molecule has 6 nitrogen and oxygen atoms in total. The number of carboxylic acids is 3. The Labute approximate surface area is 161 Å². The molecule has 0 saturated carbocycles. The number of carboxylic acid groups (broad SMARTS) is 3. The van der Waals surface area contributed by atoms with Crippen LogP contribution in [0.2, 0.25) is 8.87 Å². The average Bonchev–Trinajstić information content (AvgIpc) is 2.29. The van der Waals surface area contributed by atoms with Gasteiger partial charge in [0.25, 0.3) is 0 Å². The second kappa shape index (κ2) is 37.3. The van der Waals surface area contributed by atoms with Crippen LogP contribution < -0.4 is 15.3 Å². The fraction of sp³-hybridized carbons (Fsp3) is 0.786.